The Kier molecular flexibility index (Phi) is 9.93. The number of allylic oxidation sites excluding steroid dienone is 2. The number of H-pyrrole nitrogens is 2. The third kappa shape index (κ3) is 6.13. The molecule has 3 aromatic heterocycles. The Hall–Kier alpha value is -3.42. The van der Waals surface area contributed by atoms with Gasteiger partial charge < -0.3 is 45.0 Å². The standard InChI is InChI=1S/C37H48N4O7/c1-7-22-18(3)28-14-31-24(16-47-37-36(46)35(45)34(44)32(15-43)48-37)20(5)27(40-31)13-29-19(4)23(9-8-10-42)33(41-29)21(6)26-11-17(2)25(38-26)12-30(22)39-28/h11-14,19,23,32,34-38,40,42-46H,7-10,15-16H2,1-6H3/t19-,23-,32+,34+,35-,36+,37+/m0/s1. The van der Waals surface area contributed by atoms with Crippen molar-refractivity contribution in [2.24, 2.45) is 0 Å². The van der Waals surface area contributed by atoms with Crippen LogP contribution in [0, 0.1) is 20.8 Å². The number of rotatable bonds is 8. The number of aliphatic hydroxyl groups is 5. The van der Waals surface area contributed by atoms with Crippen LogP contribution in [0.1, 0.15) is 96.9 Å². The van der Waals surface area contributed by atoms with Crippen molar-refractivity contribution in [1.29, 1.82) is 0 Å². The van der Waals surface area contributed by atoms with Crippen molar-refractivity contribution in [2.75, 3.05) is 13.2 Å². The molecule has 48 heavy (non-hydrogen) atoms. The van der Waals surface area contributed by atoms with Crippen LogP contribution in [0.25, 0.3) is 33.2 Å². The molecule has 7 N–H and O–H groups in total. The maximum Gasteiger partial charge on any atom is 0.187 e. The molecule has 7 atom stereocenters. The number of nitrogens with zero attached hydrogens (tertiary/aromatic N) is 2. The van der Waals surface area contributed by atoms with E-state index < -0.39 is 37.3 Å². The van der Waals surface area contributed by atoms with Crippen LogP contribution in [-0.2, 0) is 16.1 Å². The lowest BCUT2D eigenvalue weighted by molar-refractivity contribution is -0.304. The van der Waals surface area contributed by atoms with Crippen molar-refractivity contribution in [3.8, 4) is 0 Å². The molecule has 0 aromatic carbocycles. The molecule has 0 radical (unpaired) electrons. The van der Waals surface area contributed by atoms with Crippen LogP contribution < -0.4 is 0 Å². The molecule has 1 fully saturated rings. The van der Waals surface area contributed by atoms with Gasteiger partial charge in [-0.15, -0.1) is 0 Å². The summed E-state index contributed by atoms with van der Waals surface area (Å²) in [6.07, 6.45) is -4.54. The van der Waals surface area contributed by atoms with Gasteiger partial charge >= 0.3 is 0 Å². The lowest BCUT2D eigenvalue weighted by atomic mass is 9.86. The van der Waals surface area contributed by atoms with Crippen LogP contribution in [0.4, 0.5) is 0 Å². The first-order chi connectivity index (χ1) is 23.0. The van der Waals surface area contributed by atoms with E-state index in [1.165, 1.54) is 0 Å². The lowest BCUT2D eigenvalue weighted by Crippen LogP contribution is -2.59. The maximum atomic E-state index is 10.6. The van der Waals surface area contributed by atoms with Crippen molar-refractivity contribution in [3.63, 3.8) is 0 Å². The number of ether oxygens (including phenoxy) is 2. The van der Waals surface area contributed by atoms with Gasteiger partial charge in [0.2, 0.25) is 0 Å². The van der Waals surface area contributed by atoms with Crippen LogP contribution in [0.2, 0.25) is 0 Å². The van der Waals surface area contributed by atoms with E-state index in [9.17, 15) is 25.5 Å². The number of hydrogen-bond donors (Lipinski definition) is 7. The van der Waals surface area contributed by atoms with Gasteiger partial charge in [-0.05, 0) is 99.1 Å². The molecule has 3 aliphatic rings. The first kappa shape index (κ1) is 34.4. The second-order valence-electron chi connectivity index (χ2n) is 13.4. The highest BCUT2D eigenvalue weighted by Gasteiger charge is 2.44. The summed E-state index contributed by atoms with van der Waals surface area (Å²) < 4.78 is 11.7. The molecule has 0 amide bonds. The Morgan fingerprint density at radius 3 is 2.25 bits per heavy atom. The van der Waals surface area contributed by atoms with Crippen LogP contribution in [0.5, 0.6) is 0 Å². The van der Waals surface area contributed by atoms with Gasteiger partial charge in [-0.1, -0.05) is 13.8 Å². The van der Waals surface area contributed by atoms with E-state index in [1.807, 2.05) is 13.0 Å². The van der Waals surface area contributed by atoms with E-state index in [-0.39, 0.29) is 25.0 Å². The fourth-order valence-corrected chi connectivity index (χ4v) is 7.31. The SMILES string of the molecule is CCC1=C(C)c2cc3[nH]c(cc4nc(c(C)c5cc(C)c(cc1n2)[nH]5)[C@@H](CCCO)[C@@H]4C)c(C)c3CO[C@@H]1O[C@H](CO)[C@@H](O)[C@H](O)[C@H]1O. The zero-order valence-corrected chi connectivity index (χ0v) is 28.5. The Morgan fingerprint density at radius 1 is 0.833 bits per heavy atom. The Morgan fingerprint density at radius 2 is 1.54 bits per heavy atom. The number of hydrogen-bond acceptors (Lipinski definition) is 9. The van der Waals surface area contributed by atoms with Crippen LogP contribution in [0.15, 0.2) is 24.3 Å². The highest BCUT2D eigenvalue weighted by atomic mass is 16.7. The van der Waals surface area contributed by atoms with Gasteiger partial charge in [0, 0.05) is 57.5 Å². The normalized spacial score (nSPS) is 26.0. The molecule has 1 saturated heterocycles. The van der Waals surface area contributed by atoms with Crippen molar-refractivity contribution >= 4 is 33.2 Å². The summed E-state index contributed by atoms with van der Waals surface area (Å²) in [6, 6.07) is 8.39. The summed E-state index contributed by atoms with van der Waals surface area (Å²) in [4.78, 5) is 17.6. The second kappa shape index (κ2) is 13.8. The fourth-order valence-electron chi connectivity index (χ4n) is 7.31. The van der Waals surface area contributed by atoms with E-state index >= 15 is 0 Å². The molecular weight excluding hydrogens is 612 g/mol. The molecule has 0 aliphatic carbocycles. The highest BCUT2D eigenvalue weighted by molar-refractivity contribution is 5.92. The summed E-state index contributed by atoms with van der Waals surface area (Å²) in [5, 5.41) is 50.6. The van der Waals surface area contributed by atoms with E-state index in [1.54, 1.807) is 0 Å². The first-order valence-corrected chi connectivity index (χ1v) is 16.9. The highest BCUT2D eigenvalue weighted by Crippen LogP contribution is 2.42. The van der Waals surface area contributed by atoms with Gasteiger partial charge in [-0.2, -0.15) is 0 Å². The predicted octanol–water partition coefficient (Wildman–Crippen LogP) is 4.56. The van der Waals surface area contributed by atoms with Crippen molar-refractivity contribution < 1.29 is 35.0 Å². The summed E-state index contributed by atoms with van der Waals surface area (Å²) >= 11 is 0. The van der Waals surface area contributed by atoms with Gasteiger partial charge in [-0.25, -0.2) is 4.98 Å². The summed E-state index contributed by atoms with van der Waals surface area (Å²) in [5.41, 5.74) is 13.5. The Labute approximate surface area is 280 Å². The lowest BCUT2D eigenvalue weighted by Gasteiger charge is -2.39. The Bertz CT molecular complexity index is 1880. The smallest absolute Gasteiger partial charge is 0.187 e. The van der Waals surface area contributed by atoms with E-state index in [4.69, 9.17) is 19.4 Å². The predicted molar refractivity (Wildman–Crippen MR) is 184 cm³/mol. The minimum absolute atomic E-state index is 0.0135. The summed E-state index contributed by atoms with van der Waals surface area (Å²) in [7, 11) is 0. The minimum atomic E-state index is -1.53. The quantitative estimate of drug-likeness (QED) is 0.183. The van der Waals surface area contributed by atoms with Crippen molar-refractivity contribution in [1.82, 2.24) is 19.9 Å². The Balaban J connectivity index is 1.57. The zero-order chi connectivity index (χ0) is 34.4. The molecule has 6 rings (SSSR count). The molecule has 258 valence electrons. The van der Waals surface area contributed by atoms with Crippen molar-refractivity contribution in [3.05, 3.63) is 69.3 Å². The molecule has 0 unspecified atom stereocenters. The third-order valence-corrected chi connectivity index (χ3v) is 10.5. The second-order valence-corrected chi connectivity index (χ2v) is 13.4. The van der Waals surface area contributed by atoms with E-state index in [2.05, 4.69) is 62.8 Å². The van der Waals surface area contributed by atoms with Gasteiger partial charge in [0.05, 0.1) is 24.6 Å². The average molecular weight is 661 g/mol. The van der Waals surface area contributed by atoms with Crippen molar-refractivity contribution in [2.45, 2.75) is 110 Å². The molecule has 0 spiro atoms. The van der Waals surface area contributed by atoms with Gasteiger partial charge in [0.1, 0.15) is 24.4 Å². The van der Waals surface area contributed by atoms with E-state index in [0.717, 1.165) is 91.1 Å². The zero-order valence-electron chi connectivity index (χ0n) is 28.5. The molecule has 11 heteroatoms. The molecule has 3 aromatic rings. The molecule has 8 bridgehead atoms. The largest absolute Gasteiger partial charge is 0.396 e. The van der Waals surface area contributed by atoms with Gasteiger partial charge in [0.25, 0.3) is 0 Å². The fraction of sp³-hybridized carbons (Fsp3) is 0.514. The molecule has 11 nitrogen and oxygen atoms in total. The number of aromatic amines is 2. The number of aryl methyl sites for hydroxylation is 3. The number of aromatic nitrogens is 4. The molecular formula is C37H48N4O7. The van der Waals surface area contributed by atoms with Crippen LogP contribution >= 0.6 is 0 Å². The topological polar surface area (TPSA) is 177 Å². The summed E-state index contributed by atoms with van der Waals surface area (Å²) in [5.74, 6) is 0.245. The van der Waals surface area contributed by atoms with E-state index in [0.29, 0.717) is 6.42 Å². The maximum absolute atomic E-state index is 10.6. The monoisotopic (exact) mass is 660 g/mol. The molecule has 0 saturated carbocycles. The average Bonchev–Trinajstić information content (AvgIpc) is 3.77. The summed E-state index contributed by atoms with van der Waals surface area (Å²) in [6.45, 7) is 12.2. The number of aliphatic hydroxyl groups excluding tert-OH is 5. The molecule has 3 aliphatic heterocycles. The van der Waals surface area contributed by atoms with Gasteiger partial charge in [-0.3, -0.25) is 4.98 Å². The van der Waals surface area contributed by atoms with Crippen LogP contribution in [-0.4, -0.2) is 89.4 Å². The first-order valence-electron chi connectivity index (χ1n) is 16.9. The van der Waals surface area contributed by atoms with Crippen LogP contribution in [0.3, 0.4) is 0 Å². The molecule has 6 heterocycles. The third-order valence-electron chi connectivity index (χ3n) is 10.5. The van der Waals surface area contributed by atoms with Gasteiger partial charge in [0.15, 0.2) is 6.29 Å². The minimum Gasteiger partial charge on any atom is -0.396 e. The number of fused-ring (bicyclic) bond motifs is 8. The number of nitrogens with one attached hydrogen (secondary N) is 2.